The van der Waals surface area contributed by atoms with Gasteiger partial charge in [0, 0.05) is 5.25 Å². The van der Waals surface area contributed by atoms with Gasteiger partial charge in [0.1, 0.15) is 0 Å². The Morgan fingerprint density at radius 2 is 2.00 bits per heavy atom. The van der Waals surface area contributed by atoms with E-state index in [9.17, 15) is 0 Å². The molecule has 0 heterocycles. The summed E-state index contributed by atoms with van der Waals surface area (Å²) in [6, 6.07) is 0. The van der Waals surface area contributed by atoms with Gasteiger partial charge in [0.15, 0.2) is 0 Å². The first-order valence-corrected chi connectivity index (χ1v) is 2.43. The molecule has 0 aromatic carbocycles. The molecular weight excluding hydrogens is 80.1 g/mol. The Morgan fingerprint density at radius 1 is 1.80 bits per heavy atom. The fourth-order valence-electron chi connectivity index (χ4n) is 0.288. The van der Waals surface area contributed by atoms with Crippen molar-refractivity contribution in [2.24, 2.45) is 5.92 Å². The second kappa shape index (κ2) is 0.904. The van der Waals surface area contributed by atoms with Gasteiger partial charge in [-0.25, -0.2) is 0 Å². The third kappa shape index (κ3) is 0.596. The molecule has 0 nitrogen and oxygen atoms in total. The predicted octanol–water partition coefficient (Wildman–Crippen LogP) is 1.59. The summed E-state index contributed by atoms with van der Waals surface area (Å²) < 4.78 is 0. The van der Waals surface area contributed by atoms with E-state index in [1.54, 1.807) is 0 Å². The largest absolute Gasteiger partial charge is 0.0901 e. The molecule has 0 N–H and O–H groups in total. The van der Waals surface area contributed by atoms with Gasteiger partial charge < -0.3 is 0 Å². The van der Waals surface area contributed by atoms with E-state index in [0.29, 0.717) is 5.25 Å². The Bertz CT molecular complexity index is 36.9. The van der Waals surface area contributed by atoms with Crippen LogP contribution in [-0.2, 0) is 0 Å². The van der Waals surface area contributed by atoms with Crippen molar-refractivity contribution in [2.75, 3.05) is 0 Å². The molecule has 1 saturated carbocycles. The maximum atomic E-state index is 4.85. The summed E-state index contributed by atoms with van der Waals surface area (Å²) in [7, 11) is 0. The van der Waals surface area contributed by atoms with Gasteiger partial charge in [-0.3, -0.25) is 0 Å². The molecule has 1 rings (SSSR count). The van der Waals surface area contributed by atoms with Crippen molar-refractivity contribution in [3.8, 4) is 0 Å². The minimum Gasteiger partial charge on any atom is -0.0901 e. The maximum absolute atomic E-state index is 4.85. The van der Waals surface area contributed by atoms with Crippen LogP contribution in [0.4, 0.5) is 0 Å². The van der Waals surface area contributed by atoms with Crippen molar-refractivity contribution in [1.82, 2.24) is 0 Å². The molecule has 0 aromatic heterocycles. The summed E-state index contributed by atoms with van der Waals surface area (Å²) in [4.78, 5) is 0. The summed E-state index contributed by atoms with van der Waals surface area (Å²) in [6.07, 6.45) is 1.29. The minimum absolute atomic E-state index is 0.634. The molecule has 0 spiro atoms. The van der Waals surface area contributed by atoms with Crippen LogP contribution in [-0.4, -0.2) is 5.25 Å². The van der Waals surface area contributed by atoms with Crippen molar-refractivity contribution in [3.63, 3.8) is 0 Å². The zero-order chi connectivity index (χ0) is 3.86. The summed E-state index contributed by atoms with van der Waals surface area (Å²) in [6.45, 7) is 2.19. The Kier molecular flexibility index (Phi) is 0.639. The topological polar surface area (TPSA) is 0 Å². The number of hydrogen-bond acceptors (Lipinski definition) is 0. The van der Waals surface area contributed by atoms with Crippen LogP contribution in [0.15, 0.2) is 0 Å². The Labute approximate surface area is 38.0 Å². The van der Waals surface area contributed by atoms with E-state index in [0.717, 1.165) is 5.92 Å². The van der Waals surface area contributed by atoms with Crippen LogP contribution in [0.25, 0.3) is 0 Å². The molecule has 5 heavy (non-hydrogen) atoms. The van der Waals surface area contributed by atoms with Gasteiger partial charge in [-0.15, -0.1) is 0 Å². The van der Waals surface area contributed by atoms with Crippen LogP contribution in [0.5, 0.6) is 0 Å². The first-order chi connectivity index (χ1) is 2.30. The van der Waals surface area contributed by atoms with Crippen molar-refractivity contribution in [1.29, 1.82) is 0 Å². The molecule has 2 unspecified atom stereocenters. The van der Waals surface area contributed by atoms with E-state index in [4.69, 9.17) is 12.6 Å². The maximum Gasteiger partial charge on any atom is 0.0180 e. The molecule has 1 aliphatic rings. The second-order valence-corrected chi connectivity index (χ2v) is 2.36. The highest BCUT2D eigenvalue weighted by Gasteiger charge is 2.28. The van der Waals surface area contributed by atoms with Crippen LogP contribution >= 0.6 is 12.6 Å². The molecule has 1 radical (unpaired) electrons. The lowest BCUT2D eigenvalue weighted by Crippen LogP contribution is -1.61. The molecule has 0 aliphatic heterocycles. The highest BCUT2D eigenvalue weighted by Crippen LogP contribution is 2.34. The van der Waals surface area contributed by atoms with Crippen LogP contribution in [0.2, 0.25) is 0 Å². The molecule has 1 aliphatic carbocycles. The third-order valence-electron chi connectivity index (χ3n) is 1.04. The van der Waals surface area contributed by atoms with E-state index in [2.05, 4.69) is 6.92 Å². The monoisotopic (exact) mass is 87.0 g/mol. The quantitative estimate of drug-likeness (QED) is 0.421. The van der Waals surface area contributed by atoms with Gasteiger partial charge in [0.05, 0.1) is 0 Å². The minimum atomic E-state index is 0.634. The fraction of sp³-hybridized carbons (Fsp3) is 1.00. The molecular formula is C4H7S. The van der Waals surface area contributed by atoms with E-state index in [1.807, 2.05) is 0 Å². The summed E-state index contributed by atoms with van der Waals surface area (Å²) >= 11 is 4.85. The summed E-state index contributed by atoms with van der Waals surface area (Å²) in [5.41, 5.74) is 0. The van der Waals surface area contributed by atoms with E-state index >= 15 is 0 Å². The van der Waals surface area contributed by atoms with Crippen LogP contribution in [0.3, 0.4) is 0 Å². The number of hydrogen-bond donors (Lipinski definition) is 0. The average Bonchev–Trinajstić information content (AvgIpc) is 1.79. The third-order valence-corrected chi connectivity index (χ3v) is 1.69. The zero-order valence-corrected chi connectivity index (χ0v) is 4.09. The molecule has 0 amide bonds. The van der Waals surface area contributed by atoms with Gasteiger partial charge in [-0.2, -0.15) is 0 Å². The lowest BCUT2D eigenvalue weighted by Gasteiger charge is -1.64. The van der Waals surface area contributed by atoms with Crippen molar-refractivity contribution < 1.29 is 0 Å². The fourth-order valence-corrected chi connectivity index (χ4v) is 0.591. The van der Waals surface area contributed by atoms with Crippen LogP contribution in [0, 0.1) is 5.92 Å². The Hall–Kier alpha value is 0.350. The standard InChI is InChI=1S/C4H7S/c1-3-2-4(3)5/h3-4H,2H2,1H3. The first kappa shape index (κ1) is 3.54. The van der Waals surface area contributed by atoms with E-state index in [-0.39, 0.29) is 0 Å². The number of rotatable bonds is 0. The smallest absolute Gasteiger partial charge is 0.0180 e. The van der Waals surface area contributed by atoms with Crippen LogP contribution < -0.4 is 0 Å². The first-order valence-electron chi connectivity index (χ1n) is 1.96. The molecule has 0 aromatic rings. The van der Waals surface area contributed by atoms with Gasteiger partial charge in [-0.05, 0) is 12.3 Å². The molecule has 1 heteroatoms. The zero-order valence-electron chi connectivity index (χ0n) is 3.27. The van der Waals surface area contributed by atoms with E-state index in [1.165, 1.54) is 6.42 Å². The highest BCUT2D eigenvalue weighted by atomic mass is 32.1. The van der Waals surface area contributed by atoms with Crippen molar-refractivity contribution in [3.05, 3.63) is 0 Å². The molecule has 29 valence electrons. The molecule has 0 saturated heterocycles. The van der Waals surface area contributed by atoms with E-state index < -0.39 is 0 Å². The van der Waals surface area contributed by atoms with Crippen molar-refractivity contribution >= 4 is 12.6 Å². The Balaban J connectivity index is 2.20. The lowest BCUT2D eigenvalue weighted by atomic mass is 10.5. The summed E-state index contributed by atoms with van der Waals surface area (Å²) in [5, 5.41) is 0.634. The van der Waals surface area contributed by atoms with Crippen molar-refractivity contribution in [2.45, 2.75) is 18.6 Å². The highest BCUT2D eigenvalue weighted by molar-refractivity contribution is 7.81. The van der Waals surface area contributed by atoms with Gasteiger partial charge in [0.2, 0.25) is 0 Å². The average molecular weight is 87.2 g/mol. The van der Waals surface area contributed by atoms with Gasteiger partial charge in [0.25, 0.3) is 0 Å². The van der Waals surface area contributed by atoms with Crippen LogP contribution in [0.1, 0.15) is 13.3 Å². The Morgan fingerprint density at radius 3 is 2.00 bits per heavy atom. The molecule has 2 atom stereocenters. The van der Waals surface area contributed by atoms with Gasteiger partial charge in [-0.1, -0.05) is 19.6 Å². The normalized spacial score (nSPS) is 49.2. The lowest BCUT2D eigenvalue weighted by molar-refractivity contribution is 0.989. The molecule has 1 fully saturated rings. The second-order valence-electron chi connectivity index (χ2n) is 1.75. The predicted molar refractivity (Wildman–Crippen MR) is 25.2 cm³/mol. The summed E-state index contributed by atoms with van der Waals surface area (Å²) in [5.74, 6) is 0.866. The SMILES string of the molecule is CC1CC1[S]. The molecule has 0 bridgehead atoms. The van der Waals surface area contributed by atoms with Gasteiger partial charge >= 0.3 is 0 Å².